The molecule has 0 spiro atoms. The molecule has 0 saturated heterocycles. The molecule has 0 aromatic rings. The van der Waals surface area contributed by atoms with Gasteiger partial charge in [0.25, 0.3) is 0 Å². The quantitative estimate of drug-likeness (QED) is 0.627. The molecule has 0 aromatic heterocycles. The Kier molecular flexibility index (Phi) is 2.95. The number of carboxylic acid groups (broad SMARTS) is 2. The van der Waals surface area contributed by atoms with Crippen LogP contribution in [-0.4, -0.2) is 22.2 Å². The van der Waals surface area contributed by atoms with Crippen LogP contribution in [0.5, 0.6) is 0 Å². The lowest BCUT2D eigenvalue weighted by Gasteiger charge is -2.32. The summed E-state index contributed by atoms with van der Waals surface area (Å²) in [5.41, 5.74) is -1.13. The third-order valence-electron chi connectivity index (χ3n) is 2.89. The van der Waals surface area contributed by atoms with Crippen LogP contribution in [0.2, 0.25) is 0 Å². The zero-order chi connectivity index (χ0) is 11.8. The van der Waals surface area contributed by atoms with Gasteiger partial charge in [0.15, 0.2) is 0 Å². The first-order valence-corrected chi connectivity index (χ1v) is 4.84. The van der Waals surface area contributed by atoms with Gasteiger partial charge in [0.05, 0.1) is 11.0 Å². The summed E-state index contributed by atoms with van der Waals surface area (Å²) >= 11 is 4.02. The number of hydrogen-bond acceptors (Lipinski definition) is 3. The molecule has 2 atom stereocenters. The Morgan fingerprint density at radius 1 is 1.47 bits per heavy atom. The molecule has 0 aromatic carbocycles. The molecule has 4 nitrogen and oxygen atoms in total. The monoisotopic (exact) mass is 228 g/mol. The van der Waals surface area contributed by atoms with Gasteiger partial charge in [0.2, 0.25) is 0 Å². The number of allylic oxidation sites excluding steroid dienone is 1. The summed E-state index contributed by atoms with van der Waals surface area (Å²) in [6.07, 6.45) is 2.91. The minimum Gasteiger partial charge on any atom is -0.481 e. The highest BCUT2D eigenvalue weighted by Crippen LogP contribution is 2.40. The van der Waals surface area contributed by atoms with Crippen LogP contribution in [-0.2, 0) is 9.59 Å². The summed E-state index contributed by atoms with van der Waals surface area (Å²) in [4.78, 5) is 22.3. The predicted molar refractivity (Wildman–Crippen MR) is 57.7 cm³/mol. The predicted octanol–water partition coefficient (Wildman–Crippen LogP) is 1.55. The molecule has 0 radical (unpaired) electrons. The third-order valence-corrected chi connectivity index (χ3v) is 3.28. The van der Waals surface area contributed by atoms with E-state index < -0.39 is 23.3 Å². The average Bonchev–Trinajstić information content (AvgIpc) is 2.11. The second-order valence-corrected chi connectivity index (χ2v) is 4.23. The van der Waals surface area contributed by atoms with Gasteiger partial charge in [-0.25, -0.2) is 4.79 Å². The SMILES string of the molecule is CC1C(C(=O)O)=C(S)C=CC1(C)C(=O)O. The zero-order valence-electron chi connectivity index (χ0n) is 8.39. The fourth-order valence-corrected chi connectivity index (χ4v) is 1.92. The topological polar surface area (TPSA) is 74.6 Å². The van der Waals surface area contributed by atoms with Crippen molar-refractivity contribution in [3.05, 3.63) is 22.6 Å². The van der Waals surface area contributed by atoms with Crippen molar-refractivity contribution in [3.63, 3.8) is 0 Å². The van der Waals surface area contributed by atoms with E-state index in [1.807, 2.05) is 0 Å². The largest absolute Gasteiger partial charge is 0.481 e. The molecule has 15 heavy (non-hydrogen) atoms. The second kappa shape index (κ2) is 3.73. The molecule has 0 saturated carbocycles. The van der Waals surface area contributed by atoms with Crippen molar-refractivity contribution in [3.8, 4) is 0 Å². The van der Waals surface area contributed by atoms with Crippen molar-refractivity contribution in [1.82, 2.24) is 0 Å². The zero-order valence-corrected chi connectivity index (χ0v) is 9.28. The molecule has 1 aliphatic carbocycles. The van der Waals surface area contributed by atoms with Crippen LogP contribution in [0.4, 0.5) is 0 Å². The summed E-state index contributed by atoms with van der Waals surface area (Å²) in [6.45, 7) is 3.08. The first-order chi connectivity index (χ1) is 6.80. The van der Waals surface area contributed by atoms with Gasteiger partial charge >= 0.3 is 11.9 Å². The van der Waals surface area contributed by atoms with E-state index in [1.165, 1.54) is 19.1 Å². The van der Waals surface area contributed by atoms with Crippen molar-refractivity contribution >= 4 is 24.6 Å². The summed E-state index contributed by atoms with van der Waals surface area (Å²) < 4.78 is 0. The molecule has 82 valence electrons. The van der Waals surface area contributed by atoms with Crippen LogP contribution in [0.15, 0.2) is 22.6 Å². The Morgan fingerprint density at radius 2 is 2.00 bits per heavy atom. The highest BCUT2D eigenvalue weighted by molar-refractivity contribution is 7.84. The van der Waals surface area contributed by atoms with E-state index >= 15 is 0 Å². The number of aliphatic carboxylic acids is 2. The number of rotatable bonds is 2. The van der Waals surface area contributed by atoms with Crippen molar-refractivity contribution in [2.45, 2.75) is 13.8 Å². The van der Waals surface area contributed by atoms with Gasteiger partial charge in [0.1, 0.15) is 0 Å². The average molecular weight is 228 g/mol. The highest BCUT2D eigenvalue weighted by Gasteiger charge is 2.43. The molecule has 0 aliphatic heterocycles. The van der Waals surface area contributed by atoms with Crippen LogP contribution in [0, 0.1) is 11.3 Å². The van der Waals surface area contributed by atoms with Crippen molar-refractivity contribution in [2.24, 2.45) is 11.3 Å². The van der Waals surface area contributed by atoms with E-state index in [4.69, 9.17) is 10.2 Å². The van der Waals surface area contributed by atoms with Crippen molar-refractivity contribution in [1.29, 1.82) is 0 Å². The highest BCUT2D eigenvalue weighted by atomic mass is 32.1. The minimum atomic E-state index is -1.18. The molecule has 2 N–H and O–H groups in total. The number of carbonyl (C=O) groups is 2. The minimum absolute atomic E-state index is 0.0470. The van der Waals surface area contributed by atoms with Crippen LogP contribution >= 0.6 is 12.6 Å². The lowest BCUT2D eigenvalue weighted by Crippen LogP contribution is -2.37. The summed E-state index contributed by atoms with van der Waals surface area (Å²) in [6, 6.07) is 0. The van der Waals surface area contributed by atoms with E-state index in [2.05, 4.69) is 12.6 Å². The maximum Gasteiger partial charge on any atom is 0.333 e. The van der Waals surface area contributed by atoms with Gasteiger partial charge in [0, 0.05) is 10.8 Å². The molecule has 0 bridgehead atoms. The Bertz CT molecular complexity index is 383. The fraction of sp³-hybridized carbons (Fsp3) is 0.400. The lowest BCUT2D eigenvalue weighted by molar-refractivity contribution is -0.147. The molecule has 2 unspecified atom stereocenters. The number of hydrogen-bond donors (Lipinski definition) is 3. The molecular weight excluding hydrogens is 216 g/mol. The normalized spacial score (nSPS) is 30.5. The van der Waals surface area contributed by atoms with Crippen molar-refractivity contribution < 1.29 is 19.8 Å². The number of carboxylic acids is 2. The van der Waals surface area contributed by atoms with E-state index in [-0.39, 0.29) is 5.57 Å². The van der Waals surface area contributed by atoms with Gasteiger partial charge in [-0.15, -0.1) is 12.6 Å². The maximum absolute atomic E-state index is 11.1. The van der Waals surface area contributed by atoms with Gasteiger partial charge in [-0.2, -0.15) is 0 Å². The van der Waals surface area contributed by atoms with Gasteiger partial charge in [-0.3, -0.25) is 4.79 Å². The molecular formula is C10H12O4S. The van der Waals surface area contributed by atoms with Gasteiger partial charge in [-0.05, 0) is 6.92 Å². The maximum atomic E-state index is 11.1. The lowest BCUT2D eigenvalue weighted by atomic mass is 9.71. The second-order valence-electron chi connectivity index (χ2n) is 3.75. The summed E-state index contributed by atoms with van der Waals surface area (Å²) in [7, 11) is 0. The first-order valence-electron chi connectivity index (χ1n) is 4.39. The Balaban J connectivity index is 3.26. The van der Waals surface area contributed by atoms with Crippen LogP contribution in [0.1, 0.15) is 13.8 Å². The number of thiol groups is 1. The summed E-state index contributed by atoms with van der Waals surface area (Å²) in [5, 5.41) is 18.0. The van der Waals surface area contributed by atoms with E-state index in [0.29, 0.717) is 4.91 Å². The Morgan fingerprint density at radius 3 is 2.40 bits per heavy atom. The molecule has 5 heteroatoms. The molecule has 0 amide bonds. The Hall–Kier alpha value is -1.23. The third kappa shape index (κ3) is 1.79. The smallest absolute Gasteiger partial charge is 0.333 e. The summed E-state index contributed by atoms with van der Waals surface area (Å²) in [5.74, 6) is -2.76. The Labute approximate surface area is 92.7 Å². The van der Waals surface area contributed by atoms with E-state index in [0.717, 1.165) is 0 Å². The molecule has 1 aliphatic rings. The first kappa shape index (κ1) is 11.8. The van der Waals surface area contributed by atoms with Crippen LogP contribution < -0.4 is 0 Å². The van der Waals surface area contributed by atoms with Crippen LogP contribution in [0.25, 0.3) is 0 Å². The fourth-order valence-electron chi connectivity index (χ4n) is 1.56. The molecule has 0 fully saturated rings. The van der Waals surface area contributed by atoms with E-state index in [1.54, 1.807) is 6.92 Å². The standard InChI is InChI=1S/C10H12O4S/c1-5-7(8(11)12)6(15)3-4-10(5,2)9(13)14/h3-5,15H,1-2H3,(H,11,12)(H,13,14). The van der Waals surface area contributed by atoms with Gasteiger partial charge < -0.3 is 10.2 Å². The molecule has 1 rings (SSSR count). The van der Waals surface area contributed by atoms with Crippen molar-refractivity contribution in [2.75, 3.05) is 0 Å². The van der Waals surface area contributed by atoms with Crippen LogP contribution in [0.3, 0.4) is 0 Å². The molecule has 0 heterocycles. The van der Waals surface area contributed by atoms with Gasteiger partial charge in [-0.1, -0.05) is 19.1 Å². The van der Waals surface area contributed by atoms with E-state index in [9.17, 15) is 9.59 Å².